The number of carbonyl (C=O) groups excluding carboxylic acids is 2. The molecule has 0 bridgehead atoms. The largest absolute Gasteiger partial charge is 0.354 e. The molecule has 1 saturated heterocycles. The monoisotopic (exact) mass is 489 g/mol. The first-order valence-corrected chi connectivity index (χ1v) is 12.3. The van der Waals surface area contributed by atoms with Crippen LogP contribution in [0.15, 0.2) is 73.3 Å². The summed E-state index contributed by atoms with van der Waals surface area (Å²) in [6.45, 7) is 2.99. The highest BCUT2D eigenvalue weighted by Crippen LogP contribution is 2.25. The molecule has 8 heteroatoms. The Kier molecular flexibility index (Phi) is 6.86. The van der Waals surface area contributed by atoms with Crippen molar-refractivity contribution in [3.05, 3.63) is 89.6 Å². The Labute approximate surface area is 209 Å². The van der Waals surface area contributed by atoms with E-state index < -0.39 is 0 Å². The van der Waals surface area contributed by atoms with Gasteiger partial charge in [0.2, 0.25) is 5.91 Å². The molecule has 35 heavy (non-hydrogen) atoms. The van der Waals surface area contributed by atoms with Gasteiger partial charge in [0.15, 0.2) is 0 Å². The number of hydrogen-bond donors (Lipinski definition) is 1. The van der Waals surface area contributed by atoms with E-state index in [0.717, 1.165) is 16.5 Å². The molecule has 2 aromatic heterocycles. The van der Waals surface area contributed by atoms with Crippen LogP contribution >= 0.6 is 11.6 Å². The van der Waals surface area contributed by atoms with Crippen molar-refractivity contribution < 1.29 is 9.59 Å². The van der Waals surface area contributed by atoms with Crippen LogP contribution in [0.2, 0.25) is 5.02 Å². The highest BCUT2D eigenvalue weighted by molar-refractivity contribution is 6.30. The van der Waals surface area contributed by atoms with Crippen molar-refractivity contribution >= 4 is 34.3 Å². The maximum absolute atomic E-state index is 13.6. The Bertz CT molecular complexity index is 1310. The van der Waals surface area contributed by atoms with Crippen LogP contribution in [0.5, 0.6) is 0 Å². The number of amides is 2. The molecule has 0 saturated carbocycles. The molecule has 1 N–H and O–H groups in total. The van der Waals surface area contributed by atoms with Crippen molar-refractivity contribution in [2.75, 3.05) is 19.6 Å². The number of para-hydroxylation sites is 1. The number of imidazole rings is 1. The summed E-state index contributed by atoms with van der Waals surface area (Å²) in [5, 5.41) is 4.75. The number of carbonyl (C=O) groups is 2. The fraction of sp³-hybridized carbons (Fsp3) is 0.296. The fourth-order valence-electron chi connectivity index (χ4n) is 4.71. The lowest BCUT2D eigenvalue weighted by molar-refractivity contribution is -0.126. The first-order valence-electron chi connectivity index (χ1n) is 11.9. The second-order valence-corrected chi connectivity index (χ2v) is 9.40. The van der Waals surface area contributed by atoms with E-state index in [4.69, 9.17) is 11.6 Å². The number of aromatic nitrogens is 3. The van der Waals surface area contributed by atoms with Gasteiger partial charge in [-0.2, -0.15) is 0 Å². The zero-order chi connectivity index (χ0) is 24.2. The molecule has 3 heterocycles. The number of benzene rings is 2. The van der Waals surface area contributed by atoms with E-state index in [1.807, 2.05) is 70.3 Å². The smallest absolute Gasteiger partial charge is 0.270 e. The summed E-state index contributed by atoms with van der Waals surface area (Å²) in [7, 11) is 0. The molecule has 0 spiro atoms. The Morgan fingerprint density at radius 3 is 2.57 bits per heavy atom. The van der Waals surface area contributed by atoms with Gasteiger partial charge in [0.25, 0.3) is 5.91 Å². The predicted molar refractivity (Wildman–Crippen MR) is 136 cm³/mol. The first-order chi connectivity index (χ1) is 17.1. The van der Waals surface area contributed by atoms with Crippen LogP contribution in [0.1, 0.15) is 28.9 Å². The normalized spacial score (nSPS) is 14.4. The molecule has 0 radical (unpaired) electrons. The molecule has 0 aliphatic carbocycles. The van der Waals surface area contributed by atoms with Crippen molar-refractivity contribution in [2.45, 2.75) is 25.9 Å². The molecule has 7 nitrogen and oxygen atoms in total. The number of nitrogens with one attached hydrogen (secondary N) is 1. The van der Waals surface area contributed by atoms with Crippen LogP contribution in [0.3, 0.4) is 0 Å². The average molecular weight is 490 g/mol. The lowest BCUT2D eigenvalue weighted by atomic mass is 9.95. The first kappa shape index (κ1) is 23.2. The summed E-state index contributed by atoms with van der Waals surface area (Å²) in [6, 6.07) is 17.7. The number of fused-ring (bicyclic) bond motifs is 1. The number of halogens is 1. The van der Waals surface area contributed by atoms with Crippen LogP contribution in [-0.4, -0.2) is 50.5 Å². The minimum Gasteiger partial charge on any atom is -0.354 e. The van der Waals surface area contributed by atoms with Gasteiger partial charge >= 0.3 is 0 Å². The molecule has 1 aliphatic rings. The third-order valence-corrected chi connectivity index (χ3v) is 6.92. The molecule has 0 atom stereocenters. The van der Waals surface area contributed by atoms with E-state index in [2.05, 4.69) is 14.9 Å². The third-order valence-electron chi connectivity index (χ3n) is 6.67. The van der Waals surface area contributed by atoms with Crippen molar-refractivity contribution in [3.8, 4) is 0 Å². The number of hydrogen-bond acceptors (Lipinski definition) is 3. The maximum Gasteiger partial charge on any atom is 0.270 e. The zero-order valence-electron chi connectivity index (χ0n) is 19.4. The number of piperidine rings is 1. The van der Waals surface area contributed by atoms with Gasteiger partial charge < -0.3 is 19.4 Å². The lowest BCUT2D eigenvalue weighted by Crippen LogP contribution is -2.44. The third kappa shape index (κ3) is 5.25. The molecule has 2 amide bonds. The minimum atomic E-state index is -0.0678. The van der Waals surface area contributed by atoms with Crippen molar-refractivity contribution in [3.63, 3.8) is 0 Å². The lowest BCUT2D eigenvalue weighted by Gasteiger charge is -2.31. The minimum absolute atomic E-state index is 0.00845. The van der Waals surface area contributed by atoms with Crippen LogP contribution < -0.4 is 5.32 Å². The SMILES string of the molecule is O=C(NCCn1ccnc1)C1CCN(C(=O)c2cc3ccccc3n2Cc2ccc(Cl)cc2)CC1. The number of rotatable bonds is 7. The average Bonchev–Trinajstić information content (AvgIpc) is 3.53. The molecule has 1 aliphatic heterocycles. The standard InChI is InChI=1S/C27H28ClN5O2/c28-23-7-5-20(6-8-23)18-33-24-4-2-1-3-22(24)17-25(33)27(35)32-13-9-21(10-14-32)26(34)30-12-16-31-15-11-29-19-31/h1-8,11,15,17,19,21H,9-10,12-14,16,18H2,(H,30,34). The van der Waals surface area contributed by atoms with Crippen molar-refractivity contribution in [1.82, 2.24) is 24.3 Å². The highest BCUT2D eigenvalue weighted by atomic mass is 35.5. The molecule has 0 unspecified atom stereocenters. The van der Waals surface area contributed by atoms with Gasteiger partial charge in [-0.1, -0.05) is 41.9 Å². The summed E-state index contributed by atoms with van der Waals surface area (Å²) >= 11 is 6.06. The molecular formula is C27H28ClN5O2. The second-order valence-electron chi connectivity index (χ2n) is 8.96. The topological polar surface area (TPSA) is 72.2 Å². The van der Waals surface area contributed by atoms with Gasteiger partial charge in [0.05, 0.1) is 6.33 Å². The van der Waals surface area contributed by atoms with Crippen LogP contribution in [-0.2, 0) is 17.9 Å². The summed E-state index contributed by atoms with van der Waals surface area (Å²) in [6.07, 6.45) is 6.68. The quantitative estimate of drug-likeness (QED) is 0.422. The van der Waals surface area contributed by atoms with Gasteiger partial charge in [0.1, 0.15) is 5.69 Å². The Morgan fingerprint density at radius 1 is 1.06 bits per heavy atom. The van der Waals surface area contributed by atoms with Crippen LogP contribution in [0.4, 0.5) is 0 Å². The van der Waals surface area contributed by atoms with Gasteiger partial charge in [-0.15, -0.1) is 0 Å². The molecule has 180 valence electrons. The van der Waals surface area contributed by atoms with E-state index >= 15 is 0 Å². The summed E-state index contributed by atoms with van der Waals surface area (Å²) in [5.74, 6) is 0.00459. The Hall–Kier alpha value is -3.58. The molecule has 4 aromatic rings. The Morgan fingerprint density at radius 2 is 1.83 bits per heavy atom. The summed E-state index contributed by atoms with van der Waals surface area (Å²) in [4.78, 5) is 32.1. The second kappa shape index (κ2) is 10.4. The van der Waals surface area contributed by atoms with Crippen LogP contribution in [0, 0.1) is 5.92 Å². The van der Waals surface area contributed by atoms with Crippen molar-refractivity contribution in [1.29, 1.82) is 0 Å². The van der Waals surface area contributed by atoms with Crippen LogP contribution in [0.25, 0.3) is 10.9 Å². The van der Waals surface area contributed by atoms with Gasteiger partial charge in [-0.05, 0) is 42.7 Å². The highest BCUT2D eigenvalue weighted by Gasteiger charge is 2.29. The van der Waals surface area contributed by atoms with E-state index in [1.165, 1.54) is 0 Å². The predicted octanol–water partition coefficient (Wildman–Crippen LogP) is 4.21. The number of likely N-dealkylation sites (tertiary alicyclic amines) is 1. The summed E-state index contributed by atoms with van der Waals surface area (Å²) in [5.41, 5.74) is 2.78. The molecular weight excluding hydrogens is 462 g/mol. The zero-order valence-corrected chi connectivity index (χ0v) is 20.2. The summed E-state index contributed by atoms with van der Waals surface area (Å²) < 4.78 is 4.01. The molecule has 2 aromatic carbocycles. The molecule has 5 rings (SSSR count). The van der Waals surface area contributed by atoms with E-state index in [-0.39, 0.29) is 17.7 Å². The molecule has 1 fully saturated rings. The van der Waals surface area contributed by atoms with Gasteiger partial charge in [-0.3, -0.25) is 9.59 Å². The van der Waals surface area contributed by atoms with Gasteiger partial charge in [-0.25, -0.2) is 4.98 Å². The fourth-order valence-corrected chi connectivity index (χ4v) is 4.83. The number of nitrogens with zero attached hydrogens (tertiary/aromatic N) is 4. The Balaban J connectivity index is 1.25. The van der Waals surface area contributed by atoms with E-state index in [0.29, 0.717) is 56.3 Å². The van der Waals surface area contributed by atoms with Gasteiger partial charge in [0, 0.05) is 67.0 Å². The van der Waals surface area contributed by atoms with Crippen molar-refractivity contribution in [2.24, 2.45) is 5.92 Å². The van der Waals surface area contributed by atoms with E-state index in [9.17, 15) is 9.59 Å². The van der Waals surface area contributed by atoms with E-state index in [1.54, 1.807) is 12.5 Å². The maximum atomic E-state index is 13.6.